The molecule has 0 aliphatic heterocycles. The van der Waals surface area contributed by atoms with Crippen molar-refractivity contribution in [1.29, 1.82) is 0 Å². The summed E-state index contributed by atoms with van der Waals surface area (Å²) in [7, 11) is 0. The van der Waals surface area contributed by atoms with Crippen molar-refractivity contribution in [2.75, 3.05) is 0 Å². The van der Waals surface area contributed by atoms with Crippen molar-refractivity contribution < 1.29 is 18.7 Å². The van der Waals surface area contributed by atoms with Crippen LogP contribution in [0.1, 0.15) is 15.9 Å². The first kappa shape index (κ1) is 15.8. The number of rotatable bonds is 2. The monoisotopic (exact) mass is 348 g/mol. The summed E-state index contributed by atoms with van der Waals surface area (Å²) >= 11 is 0. The Morgan fingerprint density at radius 2 is 1.73 bits per heavy atom. The van der Waals surface area contributed by atoms with Crippen LogP contribution in [0.25, 0.3) is 33.1 Å². The molecule has 1 N–H and O–H groups in total. The highest BCUT2D eigenvalue weighted by Crippen LogP contribution is 2.33. The highest BCUT2D eigenvalue weighted by atomic mass is 16.4. The van der Waals surface area contributed by atoms with Crippen LogP contribution >= 0.6 is 0 Å². The van der Waals surface area contributed by atoms with E-state index in [1.54, 1.807) is 12.1 Å². The van der Waals surface area contributed by atoms with Gasteiger partial charge in [-0.1, -0.05) is 30.3 Å². The van der Waals surface area contributed by atoms with E-state index in [9.17, 15) is 19.5 Å². The highest BCUT2D eigenvalue weighted by Gasteiger charge is 2.21. The fourth-order valence-electron chi connectivity index (χ4n) is 3.18. The molecule has 0 saturated heterocycles. The minimum atomic E-state index is -1.39. The van der Waals surface area contributed by atoms with Crippen LogP contribution in [0.4, 0.5) is 0 Å². The molecule has 4 aromatic rings. The molecule has 4 rings (SSSR count). The third kappa shape index (κ3) is 2.31. The second-order valence-corrected chi connectivity index (χ2v) is 5.86. The molecule has 2 heterocycles. The fourth-order valence-corrected chi connectivity index (χ4v) is 3.18. The van der Waals surface area contributed by atoms with Crippen LogP contribution < -0.4 is 11.3 Å². The molecule has 0 fully saturated rings. The van der Waals surface area contributed by atoms with E-state index < -0.39 is 22.8 Å². The van der Waals surface area contributed by atoms with E-state index in [1.165, 1.54) is 13.0 Å². The van der Waals surface area contributed by atoms with E-state index in [0.29, 0.717) is 16.3 Å². The number of carboxylic acid groups (broad SMARTS) is 1. The lowest BCUT2D eigenvalue weighted by Crippen LogP contribution is -2.16. The predicted octanol–water partition coefficient (Wildman–Crippen LogP) is 3.57. The largest absolute Gasteiger partial charge is 0.477 e. The van der Waals surface area contributed by atoms with Gasteiger partial charge in [0, 0.05) is 11.5 Å². The van der Waals surface area contributed by atoms with Crippen LogP contribution in [0.3, 0.4) is 0 Å². The molecule has 0 radical (unpaired) electrons. The molecule has 0 amide bonds. The first-order valence-electron chi connectivity index (χ1n) is 7.80. The molecule has 0 bridgehead atoms. The van der Waals surface area contributed by atoms with Crippen LogP contribution in [0, 0.1) is 6.92 Å². The number of carbonyl (C=O) groups is 1. The average Bonchev–Trinajstić information content (AvgIpc) is 2.60. The zero-order chi connectivity index (χ0) is 18.4. The summed E-state index contributed by atoms with van der Waals surface area (Å²) in [6, 6.07) is 13.9. The second-order valence-electron chi connectivity index (χ2n) is 5.86. The number of carboxylic acids is 1. The van der Waals surface area contributed by atoms with Crippen molar-refractivity contribution in [2.24, 2.45) is 0 Å². The van der Waals surface area contributed by atoms with Crippen LogP contribution in [-0.2, 0) is 0 Å². The Morgan fingerprint density at radius 1 is 1.00 bits per heavy atom. The van der Waals surface area contributed by atoms with Gasteiger partial charge in [0.2, 0.25) is 0 Å². The Morgan fingerprint density at radius 3 is 2.42 bits per heavy atom. The van der Waals surface area contributed by atoms with E-state index in [2.05, 4.69) is 0 Å². The molecule has 2 aromatic carbocycles. The maximum atomic E-state index is 12.1. The van der Waals surface area contributed by atoms with Gasteiger partial charge in [-0.25, -0.2) is 14.4 Å². The minimum Gasteiger partial charge on any atom is -0.477 e. The summed E-state index contributed by atoms with van der Waals surface area (Å²) in [5.74, 6) is -1.39. The van der Waals surface area contributed by atoms with E-state index in [4.69, 9.17) is 8.83 Å². The Labute approximate surface area is 145 Å². The smallest absolute Gasteiger partial charge is 0.351 e. The maximum Gasteiger partial charge on any atom is 0.351 e. The van der Waals surface area contributed by atoms with Gasteiger partial charge in [0.25, 0.3) is 0 Å². The molecule has 128 valence electrons. The van der Waals surface area contributed by atoms with Crippen LogP contribution in [-0.4, -0.2) is 11.1 Å². The van der Waals surface area contributed by atoms with Crippen molar-refractivity contribution >= 4 is 27.9 Å². The fraction of sp³-hybridized carbons (Fsp3) is 0.0500. The topological polar surface area (TPSA) is 97.7 Å². The third-order valence-electron chi connectivity index (χ3n) is 4.33. The van der Waals surface area contributed by atoms with Gasteiger partial charge in [-0.15, -0.1) is 0 Å². The van der Waals surface area contributed by atoms with Crippen molar-refractivity contribution in [2.45, 2.75) is 6.92 Å². The molecule has 0 saturated carbocycles. The second kappa shape index (κ2) is 5.70. The number of hydrogen-bond donors (Lipinski definition) is 1. The molecule has 6 nitrogen and oxygen atoms in total. The molecule has 6 heteroatoms. The molecule has 0 spiro atoms. The summed E-state index contributed by atoms with van der Waals surface area (Å²) in [5.41, 5.74) is 0.0330. The lowest BCUT2D eigenvalue weighted by Gasteiger charge is -2.10. The van der Waals surface area contributed by atoms with Gasteiger partial charge in [-0.05, 0) is 35.7 Å². The van der Waals surface area contributed by atoms with Gasteiger partial charge in [0.1, 0.15) is 16.7 Å². The van der Waals surface area contributed by atoms with E-state index in [0.717, 1.165) is 5.56 Å². The molecule has 0 unspecified atom stereocenters. The first-order chi connectivity index (χ1) is 12.5. The Hall–Kier alpha value is -3.67. The van der Waals surface area contributed by atoms with Gasteiger partial charge < -0.3 is 13.9 Å². The summed E-state index contributed by atoms with van der Waals surface area (Å²) < 4.78 is 10.5. The molecule has 0 aliphatic rings. The van der Waals surface area contributed by atoms with Crippen molar-refractivity contribution in [3.8, 4) is 11.1 Å². The summed E-state index contributed by atoms with van der Waals surface area (Å²) in [6.07, 6.45) is 0. The number of aryl methyl sites for hydroxylation is 1. The number of hydrogen-bond acceptors (Lipinski definition) is 5. The number of fused-ring (bicyclic) bond motifs is 3. The summed E-state index contributed by atoms with van der Waals surface area (Å²) in [4.78, 5) is 35.5. The van der Waals surface area contributed by atoms with Gasteiger partial charge >= 0.3 is 17.2 Å². The number of benzene rings is 2. The maximum absolute atomic E-state index is 12.1. The molecular weight excluding hydrogens is 336 g/mol. The quantitative estimate of drug-likeness (QED) is 0.439. The van der Waals surface area contributed by atoms with Crippen molar-refractivity contribution in [3.05, 3.63) is 80.5 Å². The third-order valence-corrected chi connectivity index (χ3v) is 4.33. The van der Waals surface area contributed by atoms with Gasteiger partial charge in [0.05, 0.1) is 5.39 Å². The van der Waals surface area contributed by atoms with E-state index in [-0.39, 0.29) is 16.7 Å². The average molecular weight is 348 g/mol. The molecule has 26 heavy (non-hydrogen) atoms. The van der Waals surface area contributed by atoms with Crippen LogP contribution in [0.5, 0.6) is 0 Å². The van der Waals surface area contributed by atoms with E-state index in [1.807, 2.05) is 30.3 Å². The predicted molar refractivity (Wildman–Crippen MR) is 95.7 cm³/mol. The Kier molecular flexibility index (Phi) is 3.47. The summed E-state index contributed by atoms with van der Waals surface area (Å²) in [5, 5.41) is 10.2. The lowest BCUT2D eigenvalue weighted by molar-refractivity contribution is 0.0691. The zero-order valence-corrected chi connectivity index (χ0v) is 13.6. The Bertz CT molecular complexity index is 1300. The van der Waals surface area contributed by atoms with Gasteiger partial charge in [0.15, 0.2) is 0 Å². The molecule has 2 aromatic heterocycles. The normalized spacial score (nSPS) is 11.1. The molecule has 0 aliphatic carbocycles. The SMILES string of the molecule is Cc1c(C(=O)O)c(=O)oc2ccc3c(-c4ccccc4)cc(=O)oc3c12. The van der Waals surface area contributed by atoms with Gasteiger partial charge in [-0.3, -0.25) is 0 Å². The van der Waals surface area contributed by atoms with Crippen molar-refractivity contribution in [1.82, 2.24) is 0 Å². The van der Waals surface area contributed by atoms with Crippen molar-refractivity contribution in [3.63, 3.8) is 0 Å². The molecular formula is C20H12O6. The van der Waals surface area contributed by atoms with Crippen LogP contribution in [0.2, 0.25) is 0 Å². The highest BCUT2D eigenvalue weighted by molar-refractivity contribution is 6.10. The van der Waals surface area contributed by atoms with Crippen LogP contribution in [0.15, 0.2) is 67.0 Å². The lowest BCUT2D eigenvalue weighted by atomic mass is 9.98. The Balaban J connectivity index is 2.23. The van der Waals surface area contributed by atoms with E-state index >= 15 is 0 Å². The zero-order valence-electron chi connectivity index (χ0n) is 13.6. The summed E-state index contributed by atoms with van der Waals surface area (Å²) in [6.45, 7) is 1.50. The standard InChI is InChI=1S/C20H12O6/c1-10-16-14(25-20(24)17(10)19(22)23)8-7-12-13(9-15(21)26-18(12)16)11-5-3-2-4-6-11/h2-9H,1H3,(H,22,23). The molecule has 0 atom stereocenters. The first-order valence-corrected chi connectivity index (χ1v) is 7.80. The van der Waals surface area contributed by atoms with Gasteiger partial charge in [-0.2, -0.15) is 0 Å². The minimum absolute atomic E-state index is 0.165. The number of aromatic carboxylic acids is 1.